The van der Waals surface area contributed by atoms with E-state index < -0.39 is 39.8 Å². The van der Waals surface area contributed by atoms with Crippen LogP contribution >= 0.6 is 0 Å². The van der Waals surface area contributed by atoms with Crippen LogP contribution < -0.4 is 5.32 Å². The van der Waals surface area contributed by atoms with Crippen molar-refractivity contribution in [1.29, 1.82) is 0 Å². The van der Waals surface area contributed by atoms with Crippen LogP contribution in [0.25, 0.3) is 0 Å². The zero-order chi connectivity index (χ0) is 29.9. The molecule has 2 aromatic carbocycles. The lowest BCUT2D eigenvalue weighted by Gasteiger charge is -2.40. The molecule has 0 aliphatic carbocycles. The Morgan fingerprint density at radius 3 is 2.15 bits per heavy atom. The molecule has 0 saturated carbocycles. The van der Waals surface area contributed by atoms with Crippen molar-refractivity contribution in [3.05, 3.63) is 76.5 Å². The number of nitrogens with one attached hydrogen (secondary N) is 1. The Morgan fingerprint density at radius 2 is 1.61 bits per heavy atom. The second-order valence-electron chi connectivity index (χ2n) is 9.82. The molecule has 222 valence electrons. The number of ether oxygens (including phenoxy) is 1. The molecule has 13 heteroatoms. The number of alkyl halides is 3. The van der Waals surface area contributed by atoms with Gasteiger partial charge in [0.2, 0.25) is 10.0 Å². The number of likely N-dealkylation sites (N-methyl/N-ethyl adjacent to an activating group) is 1. The number of nitrogens with zero attached hydrogens (tertiary/aromatic N) is 3. The monoisotopic (exact) mass is 594 g/mol. The number of hydrogen-bond acceptors (Lipinski definition) is 6. The molecular formula is C28H33F3N4O5S. The minimum absolute atomic E-state index is 0.0605. The second kappa shape index (κ2) is 12.2. The maximum atomic E-state index is 13.2. The smallest absolute Gasteiger partial charge is 0.416 e. The highest BCUT2D eigenvalue weighted by atomic mass is 32.2. The molecule has 1 saturated heterocycles. The average Bonchev–Trinajstić information content (AvgIpc) is 2.93. The van der Waals surface area contributed by atoms with Crippen LogP contribution in [0.2, 0.25) is 0 Å². The van der Waals surface area contributed by atoms with E-state index in [-0.39, 0.29) is 43.3 Å². The first-order chi connectivity index (χ1) is 19.4. The summed E-state index contributed by atoms with van der Waals surface area (Å²) in [6.45, 7) is 6.79. The van der Waals surface area contributed by atoms with Crippen molar-refractivity contribution in [3.63, 3.8) is 0 Å². The Hall–Kier alpha value is -3.42. The zero-order valence-electron chi connectivity index (χ0n) is 23.1. The van der Waals surface area contributed by atoms with E-state index in [1.807, 2.05) is 11.8 Å². The normalized spacial score (nSPS) is 19.3. The Bertz CT molecular complexity index is 1400. The van der Waals surface area contributed by atoms with Crippen molar-refractivity contribution in [3.8, 4) is 0 Å². The van der Waals surface area contributed by atoms with E-state index in [0.29, 0.717) is 24.4 Å². The lowest BCUT2D eigenvalue weighted by atomic mass is 9.93. The molecule has 4 rings (SSSR count). The Labute approximate surface area is 237 Å². The highest BCUT2D eigenvalue weighted by Gasteiger charge is 2.39. The number of benzene rings is 2. The number of aryl methyl sites for hydroxylation is 1. The lowest BCUT2D eigenvalue weighted by Crippen LogP contribution is -2.53. The average molecular weight is 595 g/mol. The summed E-state index contributed by atoms with van der Waals surface area (Å²) in [5.74, 6) is -0.688. The number of halogens is 3. The van der Waals surface area contributed by atoms with E-state index in [1.54, 1.807) is 38.1 Å². The molecule has 1 atom stereocenters. The molecule has 2 aliphatic heterocycles. The summed E-state index contributed by atoms with van der Waals surface area (Å²) in [7, 11) is -3.68. The van der Waals surface area contributed by atoms with Gasteiger partial charge in [-0.25, -0.2) is 18.0 Å². The van der Waals surface area contributed by atoms with Gasteiger partial charge in [0.05, 0.1) is 28.7 Å². The van der Waals surface area contributed by atoms with Gasteiger partial charge in [0.1, 0.15) is 0 Å². The first-order valence-electron chi connectivity index (χ1n) is 13.3. The molecule has 1 fully saturated rings. The number of sulfonamides is 1. The molecule has 2 aromatic rings. The van der Waals surface area contributed by atoms with Crippen molar-refractivity contribution in [2.24, 2.45) is 0 Å². The van der Waals surface area contributed by atoms with Crippen molar-refractivity contribution in [2.75, 3.05) is 45.9 Å². The van der Waals surface area contributed by atoms with Crippen molar-refractivity contribution >= 4 is 22.0 Å². The molecule has 1 N–H and O–H groups in total. The lowest BCUT2D eigenvalue weighted by molar-refractivity contribution is -0.139. The van der Waals surface area contributed by atoms with Crippen LogP contribution in [0.4, 0.5) is 18.0 Å². The highest BCUT2D eigenvalue weighted by molar-refractivity contribution is 7.89. The van der Waals surface area contributed by atoms with Crippen LogP contribution in [-0.2, 0) is 25.7 Å². The molecule has 2 amide bonds. The van der Waals surface area contributed by atoms with Gasteiger partial charge in [0, 0.05) is 45.0 Å². The first-order valence-corrected chi connectivity index (χ1v) is 14.7. The van der Waals surface area contributed by atoms with Crippen LogP contribution in [-0.4, -0.2) is 80.4 Å². The zero-order valence-corrected chi connectivity index (χ0v) is 23.9. The Morgan fingerprint density at radius 1 is 1.00 bits per heavy atom. The predicted molar refractivity (Wildman–Crippen MR) is 145 cm³/mol. The van der Waals surface area contributed by atoms with Gasteiger partial charge in [-0.15, -0.1) is 0 Å². The SMILES string of the molecule is CCOC(=O)C1=C(CN2CCN(S(=O)(=O)c3ccc(C)cc3)CC2)N(CC)C(=O)NC1c1ccc(C(F)(F)F)cc1. The summed E-state index contributed by atoms with van der Waals surface area (Å²) in [6.07, 6.45) is -4.53. The second-order valence-corrected chi connectivity index (χ2v) is 11.8. The summed E-state index contributed by atoms with van der Waals surface area (Å²) in [4.78, 5) is 29.9. The van der Waals surface area contributed by atoms with Crippen molar-refractivity contribution in [1.82, 2.24) is 19.4 Å². The molecule has 1 unspecified atom stereocenters. The molecule has 0 spiro atoms. The van der Waals surface area contributed by atoms with Gasteiger partial charge in [0.15, 0.2) is 0 Å². The minimum atomic E-state index is -4.53. The third-order valence-electron chi connectivity index (χ3n) is 7.18. The molecule has 2 aliphatic rings. The molecule has 2 heterocycles. The highest BCUT2D eigenvalue weighted by Crippen LogP contribution is 2.35. The number of esters is 1. The van der Waals surface area contributed by atoms with E-state index in [1.165, 1.54) is 21.3 Å². The molecule has 0 bridgehead atoms. The van der Waals surface area contributed by atoms with E-state index >= 15 is 0 Å². The van der Waals surface area contributed by atoms with E-state index in [2.05, 4.69) is 5.32 Å². The van der Waals surface area contributed by atoms with Crippen LogP contribution in [0, 0.1) is 6.92 Å². The number of carbonyl (C=O) groups is 2. The number of piperazine rings is 1. The molecular weight excluding hydrogens is 561 g/mol. The van der Waals surface area contributed by atoms with Crippen LogP contribution in [0.5, 0.6) is 0 Å². The fourth-order valence-electron chi connectivity index (χ4n) is 4.97. The maximum absolute atomic E-state index is 13.2. The van der Waals surface area contributed by atoms with Gasteiger partial charge in [-0.3, -0.25) is 9.80 Å². The van der Waals surface area contributed by atoms with Crippen LogP contribution in [0.3, 0.4) is 0 Å². The standard InChI is InChI=1S/C28H33F3N4O5S/c1-4-35-23(18-33-14-16-34(17-15-33)41(38,39)22-12-6-19(3)7-13-22)24(26(36)40-5-2)25(32-27(35)37)20-8-10-21(11-9-20)28(29,30)31/h6-13,25H,4-5,14-18H2,1-3H3,(H,32,37). The van der Waals surface area contributed by atoms with E-state index in [4.69, 9.17) is 4.74 Å². The van der Waals surface area contributed by atoms with Gasteiger partial charge >= 0.3 is 18.2 Å². The molecule has 9 nitrogen and oxygen atoms in total. The largest absolute Gasteiger partial charge is 0.463 e. The number of carbonyl (C=O) groups excluding carboxylic acids is 2. The number of rotatable bonds is 8. The fourth-order valence-corrected chi connectivity index (χ4v) is 6.39. The summed E-state index contributed by atoms with van der Waals surface area (Å²) < 4.78 is 72.5. The summed E-state index contributed by atoms with van der Waals surface area (Å²) in [5.41, 5.74) is 0.902. The third kappa shape index (κ3) is 6.57. The topological polar surface area (TPSA) is 99.3 Å². The number of hydrogen-bond donors (Lipinski definition) is 1. The predicted octanol–water partition coefficient (Wildman–Crippen LogP) is 3.92. The van der Waals surface area contributed by atoms with E-state index in [0.717, 1.165) is 17.7 Å². The summed E-state index contributed by atoms with van der Waals surface area (Å²) in [6, 6.07) is 9.41. The fraction of sp³-hybridized carbons (Fsp3) is 0.429. The van der Waals surface area contributed by atoms with Crippen LogP contribution in [0.1, 0.15) is 36.6 Å². The van der Waals surface area contributed by atoms with Crippen LogP contribution in [0.15, 0.2) is 64.7 Å². The van der Waals surface area contributed by atoms with Crippen molar-refractivity contribution < 1.29 is 35.9 Å². The number of amides is 2. The van der Waals surface area contributed by atoms with Gasteiger partial charge in [-0.1, -0.05) is 29.8 Å². The van der Waals surface area contributed by atoms with Gasteiger partial charge in [0.25, 0.3) is 0 Å². The minimum Gasteiger partial charge on any atom is -0.463 e. The first kappa shape index (κ1) is 30.5. The van der Waals surface area contributed by atoms with Gasteiger partial charge in [-0.2, -0.15) is 17.5 Å². The Balaban J connectivity index is 1.62. The maximum Gasteiger partial charge on any atom is 0.416 e. The molecule has 0 radical (unpaired) electrons. The van der Waals surface area contributed by atoms with Crippen molar-refractivity contribution in [2.45, 2.75) is 37.9 Å². The third-order valence-corrected chi connectivity index (χ3v) is 9.10. The molecule has 0 aromatic heterocycles. The van der Waals surface area contributed by atoms with Gasteiger partial charge < -0.3 is 10.1 Å². The number of urea groups is 1. The quantitative estimate of drug-likeness (QED) is 0.466. The van der Waals surface area contributed by atoms with E-state index in [9.17, 15) is 31.2 Å². The molecule has 41 heavy (non-hydrogen) atoms. The van der Waals surface area contributed by atoms with Gasteiger partial charge in [-0.05, 0) is 50.6 Å². The Kier molecular flexibility index (Phi) is 9.10. The summed E-state index contributed by atoms with van der Waals surface area (Å²) in [5, 5.41) is 2.74. The summed E-state index contributed by atoms with van der Waals surface area (Å²) >= 11 is 0.